The monoisotopic (exact) mass is 985 g/mol. The molecule has 0 amide bonds. The van der Waals surface area contributed by atoms with Crippen molar-refractivity contribution in [3.05, 3.63) is 109 Å². The molecule has 1 unspecified atom stereocenters. The van der Waals surface area contributed by atoms with Gasteiger partial charge in [-0.25, -0.2) is 0 Å². The number of hydrogen-bond acceptors (Lipinski definition) is 6. The van der Waals surface area contributed by atoms with Crippen molar-refractivity contribution in [3.8, 4) is 0 Å². The molecule has 0 radical (unpaired) electrons. The van der Waals surface area contributed by atoms with Crippen LogP contribution in [0.4, 0.5) is 0 Å². The van der Waals surface area contributed by atoms with Crippen LogP contribution in [0.3, 0.4) is 0 Å². The number of carbonyl (C=O) groups excluding carboxylic acids is 3. The van der Waals surface area contributed by atoms with Crippen LogP contribution >= 0.6 is 0 Å². The Morgan fingerprint density at radius 2 is 0.577 bits per heavy atom. The number of carbonyl (C=O) groups is 3. The predicted molar refractivity (Wildman–Crippen MR) is 307 cm³/mol. The average molecular weight is 986 g/mol. The molecule has 0 spiro atoms. The first kappa shape index (κ1) is 67.1. The minimum absolute atomic E-state index is 0.0913. The Balaban J connectivity index is 4.32. The molecule has 0 aliphatic heterocycles. The highest BCUT2D eigenvalue weighted by Crippen LogP contribution is 2.14. The van der Waals surface area contributed by atoms with E-state index in [1.54, 1.807) is 0 Å². The molecular weight excluding hydrogens is 877 g/mol. The Hall–Kier alpha value is -3.93. The third kappa shape index (κ3) is 56.9. The third-order valence-electron chi connectivity index (χ3n) is 12.2. The molecular formula is C65H108O6. The summed E-state index contributed by atoms with van der Waals surface area (Å²) in [4.78, 5) is 38.1. The molecule has 0 saturated heterocycles. The topological polar surface area (TPSA) is 78.9 Å². The first-order valence-corrected chi connectivity index (χ1v) is 29.4. The van der Waals surface area contributed by atoms with Crippen molar-refractivity contribution >= 4 is 17.9 Å². The van der Waals surface area contributed by atoms with E-state index < -0.39 is 6.10 Å². The lowest BCUT2D eigenvalue weighted by atomic mass is 10.1. The molecule has 0 aliphatic rings. The van der Waals surface area contributed by atoms with Gasteiger partial charge in [-0.05, 0) is 122 Å². The first-order chi connectivity index (χ1) is 35.0. The maximum atomic E-state index is 12.8. The van der Waals surface area contributed by atoms with E-state index >= 15 is 0 Å². The average Bonchev–Trinajstić information content (AvgIpc) is 3.37. The van der Waals surface area contributed by atoms with Crippen LogP contribution in [0.1, 0.15) is 265 Å². The Morgan fingerprint density at radius 3 is 0.930 bits per heavy atom. The second-order valence-corrected chi connectivity index (χ2v) is 19.2. The third-order valence-corrected chi connectivity index (χ3v) is 12.2. The van der Waals surface area contributed by atoms with E-state index in [2.05, 4.69) is 130 Å². The van der Waals surface area contributed by atoms with Crippen molar-refractivity contribution in [3.63, 3.8) is 0 Å². The summed E-state index contributed by atoms with van der Waals surface area (Å²) in [5.74, 6) is -0.922. The van der Waals surface area contributed by atoms with E-state index in [1.165, 1.54) is 83.5 Å². The Morgan fingerprint density at radius 1 is 0.296 bits per heavy atom. The van der Waals surface area contributed by atoms with E-state index in [9.17, 15) is 14.4 Å². The summed E-state index contributed by atoms with van der Waals surface area (Å²) in [6, 6.07) is 0. The minimum atomic E-state index is -0.793. The molecule has 0 fully saturated rings. The summed E-state index contributed by atoms with van der Waals surface area (Å²) < 4.78 is 16.8. The van der Waals surface area contributed by atoms with Crippen molar-refractivity contribution < 1.29 is 28.6 Å². The number of allylic oxidation sites excluding steroid dienone is 18. The molecule has 71 heavy (non-hydrogen) atoms. The van der Waals surface area contributed by atoms with Crippen molar-refractivity contribution in [2.24, 2.45) is 0 Å². The van der Waals surface area contributed by atoms with Crippen LogP contribution in [-0.2, 0) is 28.6 Å². The molecule has 1 atom stereocenters. The molecule has 0 bridgehead atoms. The molecule has 6 heteroatoms. The van der Waals surface area contributed by atoms with Gasteiger partial charge in [0.1, 0.15) is 13.2 Å². The second-order valence-electron chi connectivity index (χ2n) is 19.2. The van der Waals surface area contributed by atoms with E-state index in [4.69, 9.17) is 14.2 Å². The fraction of sp³-hybridized carbons (Fsp3) is 0.677. The van der Waals surface area contributed by atoms with Gasteiger partial charge in [0.15, 0.2) is 6.10 Å². The molecule has 0 aromatic heterocycles. The summed E-state index contributed by atoms with van der Waals surface area (Å²) in [7, 11) is 0. The maximum Gasteiger partial charge on any atom is 0.306 e. The number of esters is 3. The van der Waals surface area contributed by atoms with Crippen LogP contribution in [0.5, 0.6) is 0 Å². The number of ether oxygens (including phenoxy) is 3. The van der Waals surface area contributed by atoms with Crippen LogP contribution in [0.25, 0.3) is 0 Å². The van der Waals surface area contributed by atoms with E-state index in [1.807, 2.05) is 0 Å². The summed E-state index contributed by atoms with van der Waals surface area (Å²) >= 11 is 0. The normalized spacial score (nSPS) is 12.9. The standard InChI is InChI=1S/C65H108O6/c1-4-7-10-13-16-19-22-25-26-27-28-29-30-31-32-33-34-35-36-37-38-41-43-46-49-52-55-58-64(67)70-61-62(71-65(68)59-56-53-50-47-44-40-24-21-18-15-12-9-6-3)60-69-63(66)57-54-51-48-45-42-39-23-20-17-14-11-8-5-2/h7,10,12,15-16,19-21,23-26,28-29,31-32,34-35,62H,4-6,8-9,11,13-14,17-18,22,27,30,33,36-61H2,1-3H3/b10-7-,15-12-,19-16-,23-20-,24-21-,26-25-,29-28-,32-31-,35-34-. The van der Waals surface area contributed by atoms with Crippen molar-refractivity contribution in [2.45, 2.75) is 271 Å². The second kappa shape index (κ2) is 58.6. The van der Waals surface area contributed by atoms with Crippen LogP contribution in [0.2, 0.25) is 0 Å². The zero-order valence-corrected chi connectivity index (χ0v) is 46.2. The van der Waals surface area contributed by atoms with Crippen LogP contribution < -0.4 is 0 Å². The lowest BCUT2D eigenvalue weighted by Gasteiger charge is -2.18. The number of rotatable bonds is 52. The van der Waals surface area contributed by atoms with Crippen molar-refractivity contribution in [2.75, 3.05) is 13.2 Å². The zero-order valence-electron chi connectivity index (χ0n) is 46.2. The number of hydrogen-bond donors (Lipinski definition) is 0. The van der Waals surface area contributed by atoms with Crippen molar-refractivity contribution in [1.29, 1.82) is 0 Å². The predicted octanol–water partition coefficient (Wildman–Crippen LogP) is 19.9. The summed E-state index contributed by atoms with van der Waals surface area (Å²) in [6.07, 6.45) is 79.4. The SMILES string of the molecule is CC/C=C\C/C=C\C/C=C\C/C=C\C/C=C\C/C=C\CCCCCCCCCCC(=O)OCC(COC(=O)CCCCCCC/C=C\CCCCCC)OC(=O)CCCCCCC/C=C\C/C=C\CCC. The Bertz CT molecular complexity index is 1460. The zero-order chi connectivity index (χ0) is 51.4. The lowest BCUT2D eigenvalue weighted by molar-refractivity contribution is -0.167. The molecule has 0 N–H and O–H groups in total. The minimum Gasteiger partial charge on any atom is -0.462 e. The van der Waals surface area contributed by atoms with Gasteiger partial charge in [-0.3, -0.25) is 14.4 Å². The molecule has 0 heterocycles. The van der Waals surface area contributed by atoms with E-state index in [0.29, 0.717) is 19.3 Å². The maximum absolute atomic E-state index is 12.8. The highest BCUT2D eigenvalue weighted by atomic mass is 16.6. The van der Waals surface area contributed by atoms with Gasteiger partial charge >= 0.3 is 17.9 Å². The quantitative estimate of drug-likeness (QED) is 0.0261. The number of unbranched alkanes of at least 4 members (excludes halogenated alkanes) is 23. The molecule has 0 aromatic carbocycles. The van der Waals surface area contributed by atoms with Crippen molar-refractivity contribution in [1.82, 2.24) is 0 Å². The lowest BCUT2D eigenvalue weighted by Crippen LogP contribution is -2.30. The van der Waals surface area contributed by atoms with Crippen LogP contribution in [0, 0.1) is 0 Å². The van der Waals surface area contributed by atoms with Gasteiger partial charge in [0.2, 0.25) is 0 Å². The van der Waals surface area contributed by atoms with E-state index in [-0.39, 0.29) is 31.1 Å². The Kier molecular flexibility index (Phi) is 55.4. The van der Waals surface area contributed by atoms with Gasteiger partial charge in [-0.15, -0.1) is 0 Å². The molecule has 0 rings (SSSR count). The van der Waals surface area contributed by atoms with Gasteiger partial charge in [0.25, 0.3) is 0 Å². The molecule has 6 nitrogen and oxygen atoms in total. The summed E-state index contributed by atoms with van der Waals surface area (Å²) in [5, 5.41) is 0. The van der Waals surface area contributed by atoms with Gasteiger partial charge in [0, 0.05) is 19.3 Å². The van der Waals surface area contributed by atoms with Crippen LogP contribution in [-0.4, -0.2) is 37.2 Å². The van der Waals surface area contributed by atoms with Gasteiger partial charge < -0.3 is 14.2 Å². The first-order valence-electron chi connectivity index (χ1n) is 29.4. The molecule has 0 aromatic rings. The molecule has 0 aliphatic carbocycles. The van der Waals surface area contributed by atoms with Gasteiger partial charge in [-0.2, -0.15) is 0 Å². The van der Waals surface area contributed by atoms with Gasteiger partial charge in [-0.1, -0.05) is 233 Å². The van der Waals surface area contributed by atoms with Gasteiger partial charge in [0.05, 0.1) is 0 Å². The summed E-state index contributed by atoms with van der Waals surface area (Å²) in [5.41, 5.74) is 0. The molecule has 0 saturated carbocycles. The largest absolute Gasteiger partial charge is 0.462 e. The van der Waals surface area contributed by atoms with E-state index in [0.717, 1.165) is 141 Å². The molecule has 404 valence electrons. The highest BCUT2D eigenvalue weighted by Gasteiger charge is 2.19. The fourth-order valence-electron chi connectivity index (χ4n) is 7.83. The fourth-order valence-corrected chi connectivity index (χ4v) is 7.83. The highest BCUT2D eigenvalue weighted by molar-refractivity contribution is 5.71. The van der Waals surface area contributed by atoms with Crippen LogP contribution in [0.15, 0.2) is 109 Å². The smallest absolute Gasteiger partial charge is 0.306 e. The summed E-state index contributed by atoms with van der Waals surface area (Å²) in [6.45, 7) is 6.42. The Labute approximate surface area is 438 Å².